The van der Waals surface area contributed by atoms with Gasteiger partial charge >= 0.3 is 0 Å². The average Bonchev–Trinajstić information content (AvgIpc) is 2.48. The zero-order valence-corrected chi connectivity index (χ0v) is 12.0. The van der Waals surface area contributed by atoms with Gasteiger partial charge < -0.3 is 5.32 Å². The Morgan fingerprint density at radius 3 is 2.62 bits per heavy atom. The number of nitrogens with one attached hydrogen (secondary N) is 1. The summed E-state index contributed by atoms with van der Waals surface area (Å²) in [4.78, 5) is 16.1. The second-order valence-corrected chi connectivity index (χ2v) is 7.20. The minimum atomic E-state index is -0.176. The van der Waals surface area contributed by atoms with E-state index in [1.54, 1.807) is 11.3 Å². The van der Waals surface area contributed by atoms with Crippen molar-refractivity contribution in [2.24, 2.45) is 0 Å². The number of hydrogen-bond donors (Lipinski definition) is 1. The fourth-order valence-electron chi connectivity index (χ4n) is 1.06. The van der Waals surface area contributed by atoms with Gasteiger partial charge in [-0.1, -0.05) is 11.8 Å². The SMILES string of the molecule is Cc1csc(SC(C)C(=O)NC(C)(C)C)n1. The summed E-state index contributed by atoms with van der Waals surface area (Å²) < 4.78 is 0.953. The summed E-state index contributed by atoms with van der Waals surface area (Å²) >= 11 is 3.09. The Labute approximate surface area is 105 Å². The molecule has 0 saturated carbocycles. The fraction of sp³-hybridized carbons (Fsp3) is 0.636. The molecule has 0 saturated heterocycles. The van der Waals surface area contributed by atoms with Crippen LogP contribution in [0.3, 0.4) is 0 Å². The van der Waals surface area contributed by atoms with Crippen molar-refractivity contribution in [2.75, 3.05) is 0 Å². The molecule has 3 nitrogen and oxygen atoms in total. The summed E-state index contributed by atoms with van der Waals surface area (Å²) in [6.07, 6.45) is 0. The van der Waals surface area contributed by atoms with Crippen LogP contribution >= 0.6 is 23.1 Å². The number of thiazole rings is 1. The molecule has 0 aliphatic heterocycles. The maximum atomic E-state index is 11.8. The Balaban J connectivity index is 2.52. The number of amides is 1. The number of hydrogen-bond acceptors (Lipinski definition) is 4. The Bertz CT molecular complexity index is 368. The maximum Gasteiger partial charge on any atom is 0.233 e. The van der Waals surface area contributed by atoms with Crippen LogP contribution in [-0.2, 0) is 4.79 Å². The molecule has 0 bridgehead atoms. The van der Waals surface area contributed by atoms with Crippen molar-refractivity contribution in [3.63, 3.8) is 0 Å². The number of aryl methyl sites for hydroxylation is 1. The second-order valence-electron chi connectivity index (χ2n) is 4.75. The molecule has 90 valence electrons. The van der Waals surface area contributed by atoms with Gasteiger partial charge in [0.2, 0.25) is 5.91 Å². The molecular formula is C11H18N2OS2. The Morgan fingerprint density at radius 1 is 1.56 bits per heavy atom. The first-order valence-corrected chi connectivity index (χ1v) is 6.94. The van der Waals surface area contributed by atoms with E-state index in [9.17, 15) is 4.79 Å². The van der Waals surface area contributed by atoms with E-state index in [0.29, 0.717) is 0 Å². The topological polar surface area (TPSA) is 42.0 Å². The maximum absolute atomic E-state index is 11.8. The van der Waals surface area contributed by atoms with E-state index in [4.69, 9.17) is 0 Å². The van der Waals surface area contributed by atoms with Crippen LogP contribution in [0.15, 0.2) is 9.72 Å². The quantitative estimate of drug-likeness (QED) is 0.848. The summed E-state index contributed by atoms with van der Waals surface area (Å²) in [5, 5.41) is 4.85. The van der Waals surface area contributed by atoms with Crippen LogP contribution < -0.4 is 5.32 Å². The van der Waals surface area contributed by atoms with Gasteiger partial charge in [-0.15, -0.1) is 11.3 Å². The van der Waals surface area contributed by atoms with Crippen molar-refractivity contribution < 1.29 is 4.79 Å². The molecule has 1 aromatic heterocycles. The van der Waals surface area contributed by atoms with Crippen LogP contribution in [0.4, 0.5) is 0 Å². The van der Waals surface area contributed by atoms with Crippen molar-refractivity contribution in [3.05, 3.63) is 11.1 Å². The van der Waals surface area contributed by atoms with Gasteiger partial charge in [-0.3, -0.25) is 4.79 Å². The number of thioether (sulfide) groups is 1. The van der Waals surface area contributed by atoms with Gasteiger partial charge in [0.25, 0.3) is 0 Å². The van der Waals surface area contributed by atoms with E-state index in [-0.39, 0.29) is 16.7 Å². The third-order valence-electron chi connectivity index (χ3n) is 1.74. The Hall–Kier alpha value is -0.550. The van der Waals surface area contributed by atoms with Crippen molar-refractivity contribution in [1.29, 1.82) is 0 Å². The number of carbonyl (C=O) groups is 1. The first-order chi connectivity index (χ1) is 7.28. The first-order valence-electron chi connectivity index (χ1n) is 5.19. The molecule has 1 N–H and O–H groups in total. The van der Waals surface area contributed by atoms with Crippen molar-refractivity contribution >= 4 is 29.0 Å². The number of aromatic nitrogens is 1. The van der Waals surface area contributed by atoms with Gasteiger partial charge in [-0.2, -0.15) is 0 Å². The molecular weight excluding hydrogens is 240 g/mol. The molecule has 5 heteroatoms. The van der Waals surface area contributed by atoms with Gasteiger partial charge in [0.15, 0.2) is 4.34 Å². The van der Waals surface area contributed by atoms with E-state index in [2.05, 4.69) is 10.3 Å². The highest BCUT2D eigenvalue weighted by Gasteiger charge is 2.20. The Morgan fingerprint density at radius 2 is 2.19 bits per heavy atom. The minimum absolute atomic E-state index is 0.0605. The number of carbonyl (C=O) groups excluding carboxylic acids is 1. The zero-order valence-electron chi connectivity index (χ0n) is 10.3. The third-order valence-corrected chi connectivity index (χ3v) is 3.93. The van der Waals surface area contributed by atoms with E-state index in [0.717, 1.165) is 10.0 Å². The van der Waals surface area contributed by atoms with Crippen molar-refractivity contribution in [2.45, 2.75) is 49.7 Å². The van der Waals surface area contributed by atoms with Crippen LogP contribution in [-0.4, -0.2) is 21.7 Å². The van der Waals surface area contributed by atoms with E-state index < -0.39 is 0 Å². The summed E-state index contributed by atoms with van der Waals surface area (Å²) in [5.74, 6) is 0.0605. The molecule has 0 aromatic carbocycles. The molecule has 0 aliphatic rings. The van der Waals surface area contributed by atoms with Crippen LogP contribution in [0.5, 0.6) is 0 Å². The first kappa shape index (κ1) is 13.5. The average molecular weight is 258 g/mol. The lowest BCUT2D eigenvalue weighted by Crippen LogP contribution is -2.44. The lowest BCUT2D eigenvalue weighted by atomic mass is 10.1. The summed E-state index contributed by atoms with van der Waals surface area (Å²) in [5.41, 5.74) is 0.834. The monoisotopic (exact) mass is 258 g/mol. The fourth-order valence-corrected chi connectivity index (χ4v) is 3.05. The number of nitrogens with zero attached hydrogens (tertiary/aromatic N) is 1. The van der Waals surface area contributed by atoms with Crippen LogP contribution in [0.25, 0.3) is 0 Å². The largest absolute Gasteiger partial charge is 0.351 e. The molecule has 0 spiro atoms. The van der Waals surface area contributed by atoms with Gasteiger partial charge in [-0.05, 0) is 34.6 Å². The van der Waals surface area contributed by atoms with Crippen molar-refractivity contribution in [1.82, 2.24) is 10.3 Å². The summed E-state index contributed by atoms with van der Waals surface area (Å²) in [7, 11) is 0. The second kappa shape index (κ2) is 5.19. The molecule has 1 atom stereocenters. The lowest BCUT2D eigenvalue weighted by molar-refractivity contribution is -0.121. The third kappa shape index (κ3) is 4.53. The van der Waals surface area contributed by atoms with Gasteiger partial charge in [0.1, 0.15) is 0 Å². The van der Waals surface area contributed by atoms with Gasteiger partial charge in [-0.25, -0.2) is 4.98 Å². The minimum Gasteiger partial charge on any atom is -0.351 e. The van der Waals surface area contributed by atoms with E-state index >= 15 is 0 Å². The van der Waals surface area contributed by atoms with E-state index in [1.165, 1.54) is 11.8 Å². The highest BCUT2D eigenvalue weighted by atomic mass is 32.2. The van der Waals surface area contributed by atoms with Crippen molar-refractivity contribution in [3.8, 4) is 0 Å². The molecule has 0 fully saturated rings. The predicted molar refractivity (Wildman–Crippen MR) is 70.1 cm³/mol. The van der Waals surface area contributed by atoms with Crippen LogP contribution in [0, 0.1) is 6.92 Å². The lowest BCUT2D eigenvalue weighted by Gasteiger charge is -2.22. The highest BCUT2D eigenvalue weighted by Crippen LogP contribution is 2.26. The normalized spacial score (nSPS) is 13.6. The number of rotatable bonds is 3. The molecule has 1 amide bonds. The molecule has 0 radical (unpaired) electrons. The van der Waals surface area contributed by atoms with Gasteiger partial charge in [0, 0.05) is 16.6 Å². The van der Waals surface area contributed by atoms with Gasteiger partial charge in [0.05, 0.1) is 5.25 Å². The molecule has 1 rings (SSSR count). The molecule has 0 aliphatic carbocycles. The van der Waals surface area contributed by atoms with Crippen LogP contribution in [0.1, 0.15) is 33.4 Å². The highest BCUT2D eigenvalue weighted by molar-refractivity contribution is 8.02. The standard InChI is InChI=1S/C11H18N2OS2/c1-7-6-15-10(12-7)16-8(2)9(14)13-11(3,4)5/h6,8H,1-5H3,(H,13,14). The van der Waals surface area contributed by atoms with Crippen LogP contribution in [0.2, 0.25) is 0 Å². The predicted octanol–water partition coefficient (Wildman–Crippen LogP) is 2.85. The molecule has 1 unspecified atom stereocenters. The summed E-state index contributed by atoms with van der Waals surface area (Å²) in [6, 6.07) is 0. The molecule has 16 heavy (non-hydrogen) atoms. The smallest absolute Gasteiger partial charge is 0.233 e. The Kier molecular flexibility index (Phi) is 4.38. The van der Waals surface area contributed by atoms with E-state index in [1.807, 2.05) is 40.0 Å². The zero-order chi connectivity index (χ0) is 12.3. The molecule has 1 heterocycles. The molecule has 1 aromatic rings. The summed E-state index contributed by atoms with van der Waals surface area (Å²) in [6.45, 7) is 9.81.